The molecule has 3 aromatic rings. The highest BCUT2D eigenvalue weighted by Crippen LogP contribution is 2.36. The Labute approximate surface area is 192 Å². The van der Waals surface area contributed by atoms with E-state index in [1.165, 1.54) is 5.56 Å². The number of benzene rings is 2. The maximum absolute atomic E-state index is 13.0. The molecule has 0 aliphatic carbocycles. The summed E-state index contributed by atoms with van der Waals surface area (Å²) >= 11 is 1.67. The second kappa shape index (κ2) is 9.04. The van der Waals surface area contributed by atoms with E-state index in [0.717, 1.165) is 39.0 Å². The third-order valence-electron chi connectivity index (χ3n) is 5.51. The van der Waals surface area contributed by atoms with Crippen molar-refractivity contribution < 1.29 is 9.59 Å². The second-order valence-corrected chi connectivity index (χ2v) is 9.08. The van der Waals surface area contributed by atoms with E-state index in [2.05, 4.69) is 15.6 Å². The lowest BCUT2D eigenvalue weighted by atomic mass is 10.1. The van der Waals surface area contributed by atoms with Crippen molar-refractivity contribution in [2.45, 2.75) is 32.7 Å². The first-order chi connectivity index (χ1) is 15.3. The Kier molecular flexibility index (Phi) is 6.19. The molecule has 2 N–H and O–H groups in total. The van der Waals surface area contributed by atoms with Gasteiger partial charge in [0.1, 0.15) is 5.03 Å². The van der Waals surface area contributed by atoms with Crippen molar-refractivity contribution in [3.8, 4) is 0 Å². The molecule has 1 aliphatic heterocycles. The third kappa shape index (κ3) is 4.62. The lowest BCUT2D eigenvalue weighted by molar-refractivity contribution is 0.102. The molecule has 32 heavy (non-hydrogen) atoms. The van der Waals surface area contributed by atoms with Crippen LogP contribution in [0.4, 0.5) is 21.9 Å². The molecule has 0 unspecified atom stereocenters. The van der Waals surface area contributed by atoms with Crippen molar-refractivity contribution in [3.63, 3.8) is 0 Å². The van der Waals surface area contributed by atoms with Gasteiger partial charge in [0.15, 0.2) is 0 Å². The number of carbonyl (C=O) groups excluding carboxylic acids is 2. The molecular weight excluding hydrogens is 420 g/mol. The van der Waals surface area contributed by atoms with Gasteiger partial charge in [-0.15, -0.1) is 11.8 Å². The molecule has 164 valence electrons. The fourth-order valence-corrected chi connectivity index (χ4v) is 4.78. The largest absolute Gasteiger partial charge is 0.326 e. The second-order valence-electron chi connectivity index (χ2n) is 8.00. The minimum atomic E-state index is -0.201. The van der Waals surface area contributed by atoms with Gasteiger partial charge in [-0.2, -0.15) is 0 Å². The van der Waals surface area contributed by atoms with Crippen LogP contribution in [0.1, 0.15) is 32.7 Å². The van der Waals surface area contributed by atoms with Crippen LogP contribution in [0.15, 0.2) is 53.6 Å². The molecule has 0 saturated carbocycles. The van der Waals surface area contributed by atoms with E-state index in [1.54, 1.807) is 40.9 Å². The maximum Gasteiger partial charge on any atom is 0.326 e. The topological polar surface area (TPSA) is 74.3 Å². The number of anilines is 3. The molecular formula is C25H26N4O2S. The zero-order valence-corrected chi connectivity index (χ0v) is 19.5. The Morgan fingerprint density at radius 1 is 0.875 bits per heavy atom. The molecule has 1 aliphatic rings. The number of hydrogen-bond acceptors (Lipinski definition) is 4. The highest BCUT2D eigenvalue weighted by atomic mass is 32.2. The number of nitrogens with one attached hydrogen (secondary N) is 2. The van der Waals surface area contributed by atoms with Crippen LogP contribution in [0.2, 0.25) is 0 Å². The first kappa shape index (κ1) is 21.9. The number of nitrogens with zero attached hydrogens (tertiary/aromatic N) is 2. The van der Waals surface area contributed by atoms with Crippen molar-refractivity contribution in [2.24, 2.45) is 0 Å². The van der Waals surface area contributed by atoms with Gasteiger partial charge in [-0.25, -0.2) is 9.78 Å². The Morgan fingerprint density at radius 2 is 1.59 bits per heavy atom. The summed E-state index contributed by atoms with van der Waals surface area (Å²) in [4.78, 5) is 31.9. The van der Waals surface area contributed by atoms with Crippen molar-refractivity contribution in [3.05, 3.63) is 76.5 Å². The summed E-state index contributed by atoms with van der Waals surface area (Å²) in [6.45, 7) is 8.63. The van der Waals surface area contributed by atoms with E-state index in [1.807, 2.05) is 52.0 Å². The van der Waals surface area contributed by atoms with Crippen LogP contribution in [0.5, 0.6) is 0 Å². The SMILES string of the molecule is Cc1cc(C)c2c(n1)SCCN2C(=O)Nc1ccc(C(=O)Nc2ccc(C)c(C)c2)cc1. The van der Waals surface area contributed by atoms with E-state index in [0.29, 0.717) is 17.8 Å². The van der Waals surface area contributed by atoms with Crippen LogP contribution in [0.25, 0.3) is 0 Å². The number of pyridine rings is 1. The predicted molar refractivity (Wildman–Crippen MR) is 131 cm³/mol. The molecule has 3 amide bonds. The Morgan fingerprint density at radius 3 is 2.31 bits per heavy atom. The van der Waals surface area contributed by atoms with Crippen molar-refractivity contribution >= 4 is 40.8 Å². The molecule has 0 saturated heterocycles. The van der Waals surface area contributed by atoms with Gasteiger partial charge in [0, 0.05) is 34.9 Å². The Bertz CT molecular complexity index is 1190. The van der Waals surface area contributed by atoms with E-state index < -0.39 is 0 Å². The van der Waals surface area contributed by atoms with E-state index in [-0.39, 0.29) is 11.9 Å². The van der Waals surface area contributed by atoms with Gasteiger partial charge < -0.3 is 10.6 Å². The Hall–Kier alpha value is -3.32. The van der Waals surface area contributed by atoms with Crippen LogP contribution in [-0.2, 0) is 0 Å². The molecule has 0 atom stereocenters. The molecule has 6 nitrogen and oxygen atoms in total. The monoisotopic (exact) mass is 446 g/mol. The molecule has 7 heteroatoms. The summed E-state index contributed by atoms with van der Waals surface area (Å²) in [5.74, 6) is 0.610. The van der Waals surface area contributed by atoms with Gasteiger partial charge in [-0.3, -0.25) is 9.69 Å². The number of aryl methyl sites for hydroxylation is 4. The lowest BCUT2D eigenvalue weighted by Gasteiger charge is -2.30. The molecule has 0 spiro atoms. The van der Waals surface area contributed by atoms with Crippen molar-refractivity contribution in [1.82, 2.24) is 4.98 Å². The van der Waals surface area contributed by atoms with Crippen LogP contribution in [0, 0.1) is 27.7 Å². The summed E-state index contributed by atoms with van der Waals surface area (Å²) in [5.41, 5.74) is 7.08. The van der Waals surface area contributed by atoms with Gasteiger partial charge in [0.2, 0.25) is 0 Å². The standard InChI is InChI=1S/C25H26N4O2S/c1-15-5-8-21(14-16(15)2)27-23(30)19-6-9-20(10-7-19)28-25(31)29-11-12-32-24-22(29)17(3)13-18(4)26-24/h5-10,13-14H,11-12H2,1-4H3,(H,27,30)(H,28,31). The number of fused-ring (bicyclic) bond motifs is 1. The summed E-state index contributed by atoms with van der Waals surface area (Å²) in [6.07, 6.45) is 0. The Balaban J connectivity index is 1.45. The fraction of sp³-hybridized carbons (Fsp3) is 0.240. The van der Waals surface area contributed by atoms with Gasteiger partial charge >= 0.3 is 6.03 Å². The molecule has 4 rings (SSSR count). The minimum Gasteiger partial charge on any atom is -0.322 e. The number of amides is 3. The van der Waals surface area contributed by atoms with Crippen LogP contribution >= 0.6 is 11.8 Å². The maximum atomic E-state index is 13.0. The fourth-order valence-electron chi connectivity index (χ4n) is 3.69. The molecule has 0 bridgehead atoms. The lowest BCUT2D eigenvalue weighted by Crippen LogP contribution is -2.39. The molecule has 2 heterocycles. The van der Waals surface area contributed by atoms with E-state index in [4.69, 9.17) is 0 Å². The van der Waals surface area contributed by atoms with E-state index >= 15 is 0 Å². The number of aromatic nitrogens is 1. The summed E-state index contributed by atoms with van der Waals surface area (Å²) in [5, 5.41) is 6.75. The number of rotatable bonds is 3. The zero-order chi connectivity index (χ0) is 22.8. The quantitative estimate of drug-likeness (QED) is 0.540. The number of hydrogen-bond donors (Lipinski definition) is 2. The molecule has 1 aromatic heterocycles. The highest BCUT2D eigenvalue weighted by Gasteiger charge is 2.26. The normalized spacial score (nSPS) is 12.8. The van der Waals surface area contributed by atoms with Crippen LogP contribution in [0.3, 0.4) is 0 Å². The van der Waals surface area contributed by atoms with Gasteiger partial charge in [-0.1, -0.05) is 6.07 Å². The third-order valence-corrected chi connectivity index (χ3v) is 6.46. The minimum absolute atomic E-state index is 0.190. The smallest absolute Gasteiger partial charge is 0.322 e. The predicted octanol–water partition coefficient (Wildman–Crippen LogP) is 5.71. The first-order valence-corrected chi connectivity index (χ1v) is 11.5. The first-order valence-electron chi connectivity index (χ1n) is 10.5. The van der Waals surface area contributed by atoms with E-state index in [9.17, 15) is 9.59 Å². The van der Waals surface area contributed by atoms with Gasteiger partial charge in [-0.05, 0) is 86.8 Å². The van der Waals surface area contributed by atoms with Gasteiger partial charge in [0.25, 0.3) is 5.91 Å². The number of thioether (sulfide) groups is 1. The van der Waals surface area contributed by atoms with Crippen LogP contribution in [-0.4, -0.2) is 29.2 Å². The number of urea groups is 1. The summed E-state index contributed by atoms with van der Waals surface area (Å²) in [6, 6.07) is 14.5. The average molecular weight is 447 g/mol. The number of carbonyl (C=O) groups is 2. The zero-order valence-electron chi connectivity index (χ0n) is 18.7. The highest BCUT2D eigenvalue weighted by molar-refractivity contribution is 7.99. The summed E-state index contributed by atoms with van der Waals surface area (Å²) < 4.78 is 0. The summed E-state index contributed by atoms with van der Waals surface area (Å²) in [7, 11) is 0. The van der Waals surface area contributed by atoms with Crippen molar-refractivity contribution in [2.75, 3.05) is 27.8 Å². The van der Waals surface area contributed by atoms with Gasteiger partial charge in [0.05, 0.1) is 5.69 Å². The van der Waals surface area contributed by atoms with Crippen LogP contribution < -0.4 is 15.5 Å². The molecule has 0 fully saturated rings. The molecule has 2 aromatic carbocycles. The molecule has 0 radical (unpaired) electrons. The average Bonchev–Trinajstić information content (AvgIpc) is 2.76. The van der Waals surface area contributed by atoms with Crippen molar-refractivity contribution in [1.29, 1.82) is 0 Å².